The Morgan fingerprint density at radius 2 is 2.14 bits per heavy atom. The van der Waals surface area contributed by atoms with E-state index in [1.165, 1.54) is 29.6 Å². The van der Waals surface area contributed by atoms with Crippen molar-refractivity contribution in [3.8, 4) is 0 Å². The van der Waals surface area contributed by atoms with Crippen LogP contribution in [0.25, 0.3) is 0 Å². The number of anilines is 1. The number of amides is 1. The zero-order valence-corrected chi connectivity index (χ0v) is 12.5. The van der Waals surface area contributed by atoms with Crippen molar-refractivity contribution in [2.45, 2.75) is 12.3 Å². The minimum Gasteiger partial charge on any atom is -0.374 e. The summed E-state index contributed by atoms with van der Waals surface area (Å²) >= 11 is 0. The first-order chi connectivity index (χ1) is 10.6. The van der Waals surface area contributed by atoms with Crippen LogP contribution in [-0.4, -0.2) is 31.0 Å². The molecule has 2 N–H and O–H groups in total. The normalized spacial score (nSPS) is 17.0. The van der Waals surface area contributed by atoms with Crippen LogP contribution in [0.3, 0.4) is 0 Å². The number of hydrogen-bond donors (Lipinski definition) is 2. The summed E-state index contributed by atoms with van der Waals surface area (Å²) in [4.78, 5) is 27.9. The van der Waals surface area contributed by atoms with Crippen LogP contribution in [0.15, 0.2) is 47.4 Å². The number of aromatic amines is 1. The van der Waals surface area contributed by atoms with E-state index in [2.05, 4.69) is 34.4 Å². The van der Waals surface area contributed by atoms with Crippen LogP contribution in [0, 0.1) is 0 Å². The van der Waals surface area contributed by atoms with Gasteiger partial charge in [0.2, 0.25) is 5.56 Å². The van der Waals surface area contributed by atoms with E-state index in [1.54, 1.807) is 0 Å². The number of para-hydroxylation sites is 1. The lowest BCUT2D eigenvalue weighted by molar-refractivity contribution is 0.0950. The molecular weight excluding hydrogens is 278 g/mol. The van der Waals surface area contributed by atoms with Gasteiger partial charge in [-0.15, -0.1) is 0 Å². The van der Waals surface area contributed by atoms with E-state index >= 15 is 0 Å². The molecule has 0 spiro atoms. The molecule has 0 fully saturated rings. The summed E-state index contributed by atoms with van der Waals surface area (Å²) in [6.45, 7) is 1.58. The van der Waals surface area contributed by atoms with E-state index in [0.29, 0.717) is 18.0 Å². The van der Waals surface area contributed by atoms with Gasteiger partial charge < -0.3 is 15.2 Å². The third kappa shape index (κ3) is 2.88. The van der Waals surface area contributed by atoms with Crippen LogP contribution in [0.5, 0.6) is 0 Å². The molecule has 2 aromatic rings. The number of aromatic nitrogens is 1. The molecule has 1 aliphatic heterocycles. The number of benzene rings is 1. The third-order valence-electron chi connectivity index (χ3n) is 4.16. The highest BCUT2D eigenvalue weighted by Gasteiger charge is 2.23. The zero-order valence-electron chi connectivity index (χ0n) is 12.5. The molecule has 0 saturated heterocycles. The minimum absolute atomic E-state index is 0.160. The monoisotopic (exact) mass is 297 g/mol. The number of nitrogens with zero attached hydrogens (tertiary/aromatic N) is 1. The fourth-order valence-corrected chi connectivity index (χ4v) is 2.89. The molecule has 1 aromatic carbocycles. The third-order valence-corrected chi connectivity index (χ3v) is 4.16. The summed E-state index contributed by atoms with van der Waals surface area (Å²) in [5, 5.41) is 2.96. The fraction of sp³-hybridized carbons (Fsp3) is 0.294. The first-order valence-corrected chi connectivity index (χ1v) is 7.42. The highest BCUT2D eigenvalue weighted by molar-refractivity contribution is 5.93. The molecule has 0 saturated carbocycles. The Morgan fingerprint density at radius 1 is 1.32 bits per heavy atom. The summed E-state index contributed by atoms with van der Waals surface area (Å²) in [5.74, 6) is 0.159. The molecule has 0 radical (unpaired) electrons. The van der Waals surface area contributed by atoms with Crippen molar-refractivity contribution in [1.29, 1.82) is 0 Å². The fourth-order valence-electron chi connectivity index (χ4n) is 2.89. The first kappa shape index (κ1) is 14.4. The topological polar surface area (TPSA) is 65.2 Å². The maximum absolute atomic E-state index is 12.1. The van der Waals surface area contributed by atoms with E-state index in [0.717, 1.165) is 13.0 Å². The zero-order chi connectivity index (χ0) is 15.5. The first-order valence-electron chi connectivity index (χ1n) is 7.42. The van der Waals surface area contributed by atoms with Gasteiger partial charge in [-0.25, -0.2) is 0 Å². The molecular formula is C17H19N3O2. The van der Waals surface area contributed by atoms with Crippen LogP contribution < -0.4 is 15.8 Å². The van der Waals surface area contributed by atoms with Gasteiger partial charge in [-0.1, -0.05) is 18.2 Å². The number of pyridine rings is 1. The summed E-state index contributed by atoms with van der Waals surface area (Å²) in [6.07, 6.45) is 2.46. The molecule has 3 rings (SSSR count). The number of fused-ring (bicyclic) bond motifs is 1. The SMILES string of the molecule is CN1CC[C@@H](CNC(=O)c2ccc(=O)[nH]c2)c2ccccc21. The molecule has 5 nitrogen and oxygen atoms in total. The minimum atomic E-state index is -0.208. The van der Waals surface area contributed by atoms with Crippen molar-refractivity contribution in [2.24, 2.45) is 0 Å². The number of hydrogen-bond acceptors (Lipinski definition) is 3. The number of H-pyrrole nitrogens is 1. The van der Waals surface area contributed by atoms with Gasteiger partial charge in [-0.3, -0.25) is 9.59 Å². The molecule has 1 atom stereocenters. The van der Waals surface area contributed by atoms with Crippen molar-refractivity contribution >= 4 is 11.6 Å². The Bertz CT molecular complexity index is 718. The van der Waals surface area contributed by atoms with Crippen molar-refractivity contribution in [3.63, 3.8) is 0 Å². The van der Waals surface area contributed by atoms with E-state index in [1.807, 2.05) is 12.1 Å². The smallest absolute Gasteiger partial charge is 0.252 e. The van der Waals surface area contributed by atoms with Crippen molar-refractivity contribution in [1.82, 2.24) is 10.3 Å². The van der Waals surface area contributed by atoms with Crippen molar-refractivity contribution in [3.05, 3.63) is 64.1 Å². The molecule has 1 aliphatic rings. The van der Waals surface area contributed by atoms with Gasteiger partial charge in [0.15, 0.2) is 0 Å². The number of nitrogens with one attached hydrogen (secondary N) is 2. The molecule has 0 unspecified atom stereocenters. The van der Waals surface area contributed by atoms with Gasteiger partial charge in [0.1, 0.15) is 0 Å². The standard InChI is InChI=1S/C17H19N3O2/c1-20-9-8-12(14-4-2-3-5-15(14)20)10-19-17(22)13-6-7-16(21)18-11-13/h2-7,11-12H,8-10H2,1H3,(H,18,21)(H,19,22)/t12-/m0/s1. The second kappa shape index (κ2) is 6.05. The van der Waals surface area contributed by atoms with Gasteiger partial charge in [0, 0.05) is 44.0 Å². The molecule has 1 aromatic heterocycles. The quantitative estimate of drug-likeness (QED) is 0.907. The van der Waals surface area contributed by atoms with E-state index < -0.39 is 0 Å². The molecule has 5 heteroatoms. The van der Waals surface area contributed by atoms with Crippen molar-refractivity contribution in [2.75, 3.05) is 25.0 Å². The van der Waals surface area contributed by atoms with E-state index in [9.17, 15) is 9.59 Å². The highest BCUT2D eigenvalue weighted by atomic mass is 16.1. The maximum atomic E-state index is 12.1. The van der Waals surface area contributed by atoms with Gasteiger partial charge >= 0.3 is 0 Å². The second-order valence-electron chi connectivity index (χ2n) is 5.62. The molecule has 22 heavy (non-hydrogen) atoms. The summed E-state index contributed by atoms with van der Waals surface area (Å²) in [5.41, 5.74) is 2.77. The van der Waals surface area contributed by atoms with Crippen LogP contribution in [0.2, 0.25) is 0 Å². The van der Waals surface area contributed by atoms with Crippen molar-refractivity contribution < 1.29 is 4.79 Å². The Hall–Kier alpha value is -2.56. The Balaban J connectivity index is 1.69. The maximum Gasteiger partial charge on any atom is 0.252 e. The average molecular weight is 297 g/mol. The summed E-state index contributed by atoms with van der Waals surface area (Å²) in [7, 11) is 2.09. The number of carbonyl (C=O) groups is 1. The molecule has 114 valence electrons. The summed E-state index contributed by atoms with van der Waals surface area (Å²) < 4.78 is 0. The Morgan fingerprint density at radius 3 is 2.91 bits per heavy atom. The molecule has 0 aliphatic carbocycles. The Labute approximate surface area is 129 Å². The predicted molar refractivity (Wildman–Crippen MR) is 86.5 cm³/mol. The second-order valence-corrected chi connectivity index (χ2v) is 5.62. The molecule has 2 heterocycles. The van der Waals surface area contributed by atoms with Gasteiger partial charge in [-0.2, -0.15) is 0 Å². The van der Waals surface area contributed by atoms with Gasteiger partial charge in [0.05, 0.1) is 5.56 Å². The number of rotatable bonds is 3. The molecule has 1 amide bonds. The van der Waals surface area contributed by atoms with Crippen LogP contribution in [0.4, 0.5) is 5.69 Å². The van der Waals surface area contributed by atoms with Crippen LogP contribution >= 0.6 is 0 Å². The lowest BCUT2D eigenvalue weighted by atomic mass is 9.90. The molecule has 0 bridgehead atoms. The lowest BCUT2D eigenvalue weighted by Gasteiger charge is -2.33. The van der Waals surface area contributed by atoms with Crippen LogP contribution in [-0.2, 0) is 0 Å². The summed E-state index contributed by atoms with van der Waals surface area (Å²) in [6, 6.07) is 11.2. The lowest BCUT2D eigenvalue weighted by Crippen LogP contribution is -2.34. The predicted octanol–water partition coefficient (Wildman–Crippen LogP) is 1.73. The largest absolute Gasteiger partial charge is 0.374 e. The number of carbonyl (C=O) groups excluding carboxylic acids is 1. The Kier molecular flexibility index (Phi) is 3.96. The van der Waals surface area contributed by atoms with E-state index in [-0.39, 0.29) is 11.5 Å². The highest BCUT2D eigenvalue weighted by Crippen LogP contribution is 2.33. The van der Waals surface area contributed by atoms with Crippen LogP contribution in [0.1, 0.15) is 28.3 Å². The average Bonchev–Trinajstić information content (AvgIpc) is 2.55. The van der Waals surface area contributed by atoms with Gasteiger partial charge in [-0.05, 0) is 24.1 Å². The van der Waals surface area contributed by atoms with Gasteiger partial charge in [0.25, 0.3) is 5.91 Å². The van der Waals surface area contributed by atoms with E-state index in [4.69, 9.17) is 0 Å².